The summed E-state index contributed by atoms with van der Waals surface area (Å²) < 4.78 is 0.487. The lowest BCUT2D eigenvalue weighted by Gasteiger charge is -2.13. The Morgan fingerprint density at radius 1 is 1.42 bits per heavy atom. The summed E-state index contributed by atoms with van der Waals surface area (Å²) in [5.74, 6) is -2.56. The Bertz CT molecular complexity index is 518. The highest BCUT2D eigenvalue weighted by atomic mass is 35.5. The van der Waals surface area contributed by atoms with E-state index in [4.69, 9.17) is 34.0 Å². The van der Waals surface area contributed by atoms with E-state index in [1.165, 1.54) is 6.07 Å². The predicted molar refractivity (Wildman–Crippen MR) is 71.7 cm³/mol. The second-order valence-corrected chi connectivity index (χ2v) is 5.89. The van der Waals surface area contributed by atoms with Crippen LogP contribution >= 0.6 is 34.5 Å². The molecule has 1 heterocycles. The molecule has 0 aliphatic heterocycles. The van der Waals surface area contributed by atoms with E-state index in [-0.39, 0.29) is 22.7 Å². The van der Waals surface area contributed by atoms with Gasteiger partial charge < -0.3 is 16.2 Å². The molecule has 1 atom stereocenters. The van der Waals surface area contributed by atoms with Gasteiger partial charge in [0.1, 0.15) is 10.4 Å². The van der Waals surface area contributed by atoms with Crippen molar-refractivity contribution in [3.05, 3.63) is 20.3 Å². The number of hydrogen-bond donors (Lipinski definition) is 3. The molecule has 0 saturated carbocycles. The summed E-state index contributed by atoms with van der Waals surface area (Å²) in [5, 5.41) is 11.2. The molecule has 9 heteroatoms. The van der Waals surface area contributed by atoms with Gasteiger partial charge in [-0.3, -0.25) is 9.59 Å². The number of nitrogens with two attached hydrogens (primary N) is 1. The number of aliphatic carboxylic acids is 1. The number of hydrogen-bond acceptors (Lipinski definition) is 4. The molecule has 0 aromatic carbocycles. The van der Waals surface area contributed by atoms with Gasteiger partial charge in [0.2, 0.25) is 5.91 Å². The normalized spacial score (nSPS) is 11.9. The van der Waals surface area contributed by atoms with Crippen molar-refractivity contribution in [2.24, 2.45) is 5.73 Å². The molecule has 2 amide bonds. The maximum atomic E-state index is 11.8. The summed E-state index contributed by atoms with van der Waals surface area (Å²) >= 11 is 12.5. The Morgan fingerprint density at radius 2 is 2.05 bits per heavy atom. The van der Waals surface area contributed by atoms with Crippen molar-refractivity contribution >= 4 is 52.3 Å². The van der Waals surface area contributed by atoms with Crippen molar-refractivity contribution in [2.75, 3.05) is 0 Å². The number of thiophene rings is 1. The van der Waals surface area contributed by atoms with Crippen LogP contribution < -0.4 is 11.1 Å². The molecule has 0 aliphatic carbocycles. The second kappa shape index (κ2) is 6.74. The molecular weight excluding hydrogens is 315 g/mol. The third-order valence-electron chi connectivity index (χ3n) is 2.18. The van der Waals surface area contributed by atoms with E-state index in [1.54, 1.807) is 0 Å². The molecule has 0 saturated heterocycles. The van der Waals surface area contributed by atoms with Gasteiger partial charge in [-0.1, -0.05) is 23.2 Å². The topological polar surface area (TPSA) is 109 Å². The van der Waals surface area contributed by atoms with Crippen LogP contribution in [0.3, 0.4) is 0 Å². The zero-order valence-electron chi connectivity index (χ0n) is 9.48. The van der Waals surface area contributed by atoms with E-state index < -0.39 is 23.8 Å². The standard InChI is InChI=1S/C10H10Cl2N2O4S/c11-6-3-4(8(12)19-6)9(16)14-5(10(17)18)1-2-7(13)15/h3,5H,1-2H2,(H2,13,15)(H,14,16)(H,17,18)/t5-/m1/s1. The number of carbonyl (C=O) groups is 3. The van der Waals surface area contributed by atoms with Crippen LogP contribution in [0.4, 0.5) is 0 Å². The number of carbonyl (C=O) groups excluding carboxylic acids is 2. The number of rotatable bonds is 6. The van der Waals surface area contributed by atoms with Gasteiger partial charge in [0, 0.05) is 6.42 Å². The number of primary amides is 1. The number of halogens is 2. The minimum atomic E-state index is -1.26. The average Bonchev–Trinajstić information content (AvgIpc) is 2.62. The van der Waals surface area contributed by atoms with Crippen LogP contribution in [-0.2, 0) is 9.59 Å². The van der Waals surface area contributed by atoms with Crippen molar-refractivity contribution in [1.82, 2.24) is 5.32 Å². The van der Waals surface area contributed by atoms with Gasteiger partial charge in [-0.05, 0) is 12.5 Å². The van der Waals surface area contributed by atoms with Crippen LogP contribution in [-0.4, -0.2) is 28.9 Å². The van der Waals surface area contributed by atoms with Crippen LogP contribution in [0.15, 0.2) is 6.07 Å². The molecule has 0 spiro atoms. The molecular formula is C10H10Cl2N2O4S. The van der Waals surface area contributed by atoms with Gasteiger partial charge in [-0.25, -0.2) is 4.79 Å². The molecule has 19 heavy (non-hydrogen) atoms. The predicted octanol–water partition coefficient (Wildman–Crippen LogP) is 1.50. The highest BCUT2D eigenvalue weighted by Gasteiger charge is 2.23. The first-order valence-corrected chi connectivity index (χ1v) is 6.65. The molecule has 1 aromatic rings. The molecule has 0 radical (unpaired) electrons. The fraction of sp³-hybridized carbons (Fsp3) is 0.300. The molecule has 1 aromatic heterocycles. The van der Waals surface area contributed by atoms with E-state index >= 15 is 0 Å². The fourth-order valence-electron chi connectivity index (χ4n) is 1.28. The first kappa shape index (κ1) is 15.7. The quantitative estimate of drug-likeness (QED) is 0.736. The van der Waals surface area contributed by atoms with Crippen LogP contribution in [0.5, 0.6) is 0 Å². The Balaban J connectivity index is 2.74. The van der Waals surface area contributed by atoms with Gasteiger partial charge in [-0.15, -0.1) is 11.3 Å². The third kappa shape index (κ3) is 4.70. The van der Waals surface area contributed by atoms with Crippen LogP contribution in [0, 0.1) is 0 Å². The molecule has 4 N–H and O–H groups in total. The fourth-order valence-corrected chi connectivity index (χ4v) is 2.73. The number of carboxylic acids is 1. The first-order chi connectivity index (χ1) is 8.81. The monoisotopic (exact) mass is 324 g/mol. The summed E-state index contributed by atoms with van der Waals surface area (Å²) in [6.45, 7) is 0. The number of carboxylic acid groups (broad SMARTS) is 1. The zero-order chi connectivity index (χ0) is 14.6. The van der Waals surface area contributed by atoms with Crippen molar-refractivity contribution in [1.29, 1.82) is 0 Å². The number of nitrogens with one attached hydrogen (secondary N) is 1. The maximum Gasteiger partial charge on any atom is 0.326 e. The lowest BCUT2D eigenvalue weighted by molar-refractivity contribution is -0.139. The average molecular weight is 325 g/mol. The molecule has 0 aliphatic rings. The Kier molecular flexibility index (Phi) is 5.59. The highest BCUT2D eigenvalue weighted by Crippen LogP contribution is 2.31. The van der Waals surface area contributed by atoms with Gasteiger partial charge in [0.05, 0.1) is 9.90 Å². The molecule has 0 fully saturated rings. The molecule has 6 nitrogen and oxygen atoms in total. The van der Waals surface area contributed by atoms with Crippen molar-refractivity contribution in [2.45, 2.75) is 18.9 Å². The van der Waals surface area contributed by atoms with E-state index in [1.807, 2.05) is 0 Å². The van der Waals surface area contributed by atoms with Gasteiger partial charge in [0.25, 0.3) is 5.91 Å². The molecule has 1 rings (SSSR count). The summed E-state index contributed by atoms with van der Waals surface area (Å²) in [6.07, 6.45) is -0.235. The Labute approximate surface area is 122 Å². The van der Waals surface area contributed by atoms with Crippen molar-refractivity contribution in [3.8, 4) is 0 Å². The summed E-state index contributed by atoms with van der Waals surface area (Å²) in [4.78, 5) is 33.4. The SMILES string of the molecule is NC(=O)CC[C@@H](NC(=O)c1cc(Cl)sc1Cl)C(=O)O. The summed E-state index contributed by atoms with van der Waals surface area (Å²) in [6, 6.07) is 0.131. The minimum absolute atomic E-state index is 0.0914. The third-order valence-corrected chi connectivity index (χ3v) is 3.67. The van der Waals surface area contributed by atoms with Crippen molar-refractivity contribution < 1.29 is 19.5 Å². The van der Waals surface area contributed by atoms with Gasteiger partial charge in [-0.2, -0.15) is 0 Å². The van der Waals surface area contributed by atoms with E-state index in [2.05, 4.69) is 5.32 Å². The minimum Gasteiger partial charge on any atom is -0.480 e. The molecule has 104 valence electrons. The smallest absolute Gasteiger partial charge is 0.326 e. The summed E-state index contributed by atoms with van der Waals surface area (Å²) in [7, 11) is 0. The van der Waals surface area contributed by atoms with E-state index in [9.17, 15) is 14.4 Å². The van der Waals surface area contributed by atoms with Crippen molar-refractivity contribution in [3.63, 3.8) is 0 Å². The summed E-state index contributed by atoms with van der Waals surface area (Å²) in [5.41, 5.74) is 5.03. The van der Waals surface area contributed by atoms with Gasteiger partial charge >= 0.3 is 5.97 Å². The Hall–Kier alpha value is -1.31. The Morgan fingerprint density at radius 3 is 2.47 bits per heavy atom. The largest absolute Gasteiger partial charge is 0.480 e. The molecule has 0 bridgehead atoms. The second-order valence-electron chi connectivity index (χ2n) is 3.61. The lowest BCUT2D eigenvalue weighted by Crippen LogP contribution is -2.41. The van der Waals surface area contributed by atoms with Crippen LogP contribution in [0.25, 0.3) is 0 Å². The number of amides is 2. The highest BCUT2D eigenvalue weighted by molar-refractivity contribution is 7.20. The van der Waals surface area contributed by atoms with Crippen LogP contribution in [0.2, 0.25) is 8.67 Å². The van der Waals surface area contributed by atoms with E-state index in [0.29, 0.717) is 4.34 Å². The molecule has 0 unspecified atom stereocenters. The lowest BCUT2D eigenvalue weighted by atomic mass is 10.1. The zero-order valence-corrected chi connectivity index (χ0v) is 11.8. The van der Waals surface area contributed by atoms with Gasteiger partial charge in [0.15, 0.2) is 0 Å². The first-order valence-electron chi connectivity index (χ1n) is 5.08. The van der Waals surface area contributed by atoms with E-state index in [0.717, 1.165) is 11.3 Å². The van der Waals surface area contributed by atoms with Crippen LogP contribution in [0.1, 0.15) is 23.2 Å². The maximum absolute atomic E-state index is 11.8.